The SMILES string of the molecule is CCC1(Oc2cc(C(=O)O)ccc2[N+](=O)[O-])CC2CCC1C2. The largest absolute Gasteiger partial charge is 0.480 e. The molecule has 2 saturated carbocycles. The van der Waals surface area contributed by atoms with Gasteiger partial charge in [0, 0.05) is 12.1 Å². The number of nitro benzene ring substituents is 1. The fourth-order valence-electron chi connectivity index (χ4n) is 4.12. The molecule has 3 atom stereocenters. The number of carbonyl (C=O) groups is 1. The van der Waals surface area contributed by atoms with Gasteiger partial charge < -0.3 is 9.84 Å². The summed E-state index contributed by atoms with van der Waals surface area (Å²) in [6.07, 6.45) is 5.09. The van der Waals surface area contributed by atoms with E-state index in [0.29, 0.717) is 11.8 Å². The molecule has 2 fully saturated rings. The molecule has 0 aliphatic heterocycles. The van der Waals surface area contributed by atoms with E-state index in [1.54, 1.807) is 0 Å². The molecule has 2 aliphatic rings. The fraction of sp³-hybridized carbons (Fsp3) is 0.562. The van der Waals surface area contributed by atoms with E-state index in [1.165, 1.54) is 24.6 Å². The van der Waals surface area contributed by atoms with Gasteiger partial charge in [-0.2, -0.15) is 0 Å². The third-order valence-corrected chi connectivity index (χ3v) is 5.23. The van der Waals surface area contributed by atoms with Gasteiger partial charge in [-0.25, -0.2) is 4.79 Å². The molecule has 1 aromatic carbocycles. The molecule has 0 amide bonds. The van der Waals surface area contributed by atoms with Gasteiger partial charge in [0.2, 0.25) is 0 Å². The zero-order chi connectivity index (χ0) is 15.9. The van der Waals surface area contributed by atoms with E-state index in [0.717, 1.165) is 25.7 Å². The summed E-state index contributed by atoms with van der Waals surface area (Å²) >= 11 is 0. The highest BCUT2D eigenvalue weighted by atomic mass is 16.6. The normalized spacial score (nSPS) is 29.5. The van der Waals surface area contributed by atoms with Crippen LogP contribution in [0.1, 0.15) is 49.4 Å². The van der Waals surface area contributed by atoms with E-state index >= 15 is 0 Å². The van der Waals surface area contributed by atoms with Crippen LogP contribution in [-0.2, 0) is 0 Å². The average Bonchev–Trinajstić information content (AvgIpc) is 3.07. The quantitative estimate of drug-likeness (QED) is 0.662. The third-order valence-electron chi connectivity index (χ3n) is 5.23. The lowest BCUT2D eigenvalue weighted by atomic mass is 9.82. The van der Waals surface area contributed by atoms with Gasteiger partial charge in [-0.3, -0.25) is 10.1 Å². The molecule has 118 valence electrons. The highest BCUT2D eigenvalue weighted by Gasteiger charge is 2.52. The maximum Gasteiger partial charge on any atom is 0.335 e. The Bertz CT molecular complexity index is 629. The Kier molecular flexibility index (Phi) is 3.54. The predicted molar refractivity (Wildman–Crippen MR) is 79.2 cm³/mol. The smallest absolute Gasteiger partial charge is 0.335 e. The number of hydrogen-bond acceptors (Lipinski definition) is 4. The highest BCUT2D eigenvalue weighted by molar-refractivity contribution is 5.88. The Morgan fingerprint density at radius 2 is 2.27 bits per heavy atom. The molecule has 6 nitrogen and oxygen atoms in total. The van der Waals surface area contributed by atoms with Crippen LogP contribution in [0.3, 0.4) is 0 Å². The van der Waals surface area contributed by atoms with Crippen molar-refractivity contribution in [1.29, 1.82) is 0 Å². The van der Waals surface area contributed by atoms with Gasteiger partial charge in [-0.1, -0.05) is 6.92 Å². The molecule has 0 spiro atoms. The lowest BCUT2D eigenvalue weighted by molar-refractivity contribution is -0.386. The van der Waals surface area contributed by atoms with Crippen LogP contribution in [0.4, 0.5) is 5.69 Å². The Morgan fingerprint density at radius 1 is 1.50 bits per heavy atom. The minimum Gasteiger partial charge on any atom is -0.480 e. The zero-order valence-corrected chi connectivity index (χ0v) is 12.4. The molecule has 2 bridgehead atoms. The van der Waals surface area contributed by atoms with E-state index < -0.39 is 10.9 Å². The number of hydrogen-bond donors (Lipinski definition) is 1. The number of carboxylic acid groups (broad SMARTS) is 1. The summed E-state index contributed by atoms with van der Waals surface area (Å²) < 4.78 is 6.12. The second-order valence-corrected chi connectivity index (χ2v) is 6.35. The first-order valence-electron chi connectivity index (χ1n) is 7.66. The molecule has 0 saturated heterocycles. The summed E-state index contributed by atoms with van der Waals surface area (Å²) in [5.41, 5.74) is -0.541. The van der Waals surface area contributed by atoms with Crippen LogP contribution in [0, 0.1) is 22.0 Å². The minimum absolute atomic E-state index is 0.00927. The van der Waals surface area contributed by atoms with Gasteiger partial charge >= 0.3 is 11.7 Å². The monoisotopic (exact) mass is 305 g/mol. The second kappa shape index (κ2) is 5.26. The minimum atomic E-state index is -1.11. The maximum absolute atomic E-state index is 11.2. The molecule has 2 aliphatic carbocycles. The van der Waals surface area contributed by atoms with Crippen LogP contribution in [0.2, 0.25) is 0 Å². The Labute approximate surface area is 128 Å². The first-order chi connectivity index (χ1) is 10.4. The van der Waals surface area contributed by atoms with E-state index in [2.05, 4.69) is 0 Å². The van der Waals surface area contributed by atoms with Crippen molar-refractivity contribution in [3.63, 3.8) is 0 Å². The molecular formula is C16H19NO5. The Morgan fingerprint density at radius 3 is 2.77 bits per heavy atom. The lowest BCUT2D eigenvalue weighted by Gasteiger charge is -2.37. The Balaban J connectivity index is 1.97. The van der Waals surface area contributed by atoms with E-state index in [-0.39, 0.29) is 22.6 Å². The summed E-state index contributed by atoms with van der Waals surface area (Å²) in [6, 6.07) is 3.74. The summed E-state index contributed by atoms with van der Waals surface area (Å²) in [5, 5.41) is 20.3. The van der Waals surface area contributed by atoms with Gasteiger partial charge in [0.05, 0.1) is 10.5 Å². The van der Waals surface area contributed by atoms with E-state index in [1.807, 2.05) is 6.92 Å². The molecule has 3 rings (SSSR count). The summed E-state index contributed by atoms with van der Waals surface area (Å²) in [4.78, 5) is 21.8. The number of nitro groups is 1. The van der Waals surface area contributed by atoms with Gasteiger partial charge in [0.25, 0.3) is 0 Å². The van der Waals surface area contributed by atoms with Crippen LogP contribution in [0.5, 0.6) is 5.75 Å². The summed E-state index contributed by atoms with van der Waals surface area (Å²) in [5.74, 6) is 0.0137. The van der Waals surface area contributed by atoms with E-state index in [9.17, 15) is 14.9 Å². The maximum atomic E-state index is 11.2. The van der Waals surface area contributed by atoms with Crippen molar-refractivity contribution in [1.82, 2.24) is 0 Å². The summed E-state index contributed by atoms with van der Waals surface area (Å²) in [7, 11) is 0. The molecular weight excluding hydrogens is 286 g/mol. The highest BCUT2D eigenvalue weighted by Crippen LogP contribution is 2.54. The van der Waals surface area contributed by atoms with Gasteiger partial charge in [0.15, 0.2) is 5.75 Å². The van der Waals surface area contributed by atoms with Gasteiger partial charge in [-0.05, 0) is 50.0 Å². The van der Waals surface area contributed by atoms with E-state index in [4.69, 9.17) is 9.84 Å². The molecule has 3 unspecified atom stereocenters. The van der Waals surface area contributed by atoms with Crippen LogP contribution >= 0.6 is 0 Å². The fourth-order valence-corrected chi connectivity index (χ4v) is 4.12. The van der Waals surface area contributed by atoms with Crippen molar-refractivity contribution in [2.24, 2.45) is 11.8 Å². The second-order valence-electron chi connectivity index (χ2n) is 6.35. The first kappa shape index (κ1) is 14.8. The van der Waals surface area contributed by atoms with Crippen LogP contribution in [0.25, 0.3) is 0 Å². The van der Waals surface area contributed by atoms with Crippen LogP contribution < -0.4 is 4.74 Å². The standard InChI is InChI=1S/C16H19NO5/c1-2-16(9-10-3-5-12(16)7-10)22-14-8-11(15(18)19)4-6-13(14)17(20)21/h4,6,8,10,12H,2-3,5,7,9H2,1H3,(H,18,19). The Hall–Kier alpha value is -2.11. The third kappa shape index (κ3) is 2.32. The number of aromatic carboxylic acids is 1. The number of nitrogens with zero attached hydrogens (tertiary/aromatic N) is 1. The van der Waals surface area contributed by atoms with Crippen LogP contribution in [0.15, 0.2) is 18.2 Å². The molecule has 6 heteroatoms. The predicted octanol–water partition coefficient (Wildman–Crippen LogP) is 3.64. The first-order valence-corrected chi connectivity index (χ1v) is 7.66. The topological polar surface area (TPSA) is 89.7 Å². The van der Waals surface area contributed by atoms with Crippen molar-refractivity contribution >= 4 is 11.7 Å². The summed E-state index contributed by atoms with van der Waals surface area (Å²) in [6.45, 7) is 2.04. The average molecular weight is 305 g/mol. The van der Waals surface area contributed by atoms with Gasteiger partial charge in [-0.15, -0.1) is 0 Å². The van der Waals surface area contributed by atoms with Gasteiger partial charge in [0.1, 0.15) is 5.60 Å². The van der Waals surface area contributed by atoms with Crippen molar-refractivity contribution in [3.8, 4) is 5.75 Å². The van der Waals surface area contributed by atoms with Crippen molar-refractivity contribution in [2.75, 3.05) is 0 Å². The molecule has 1 aromatic rings. The number of rotatable bonds is 5. The molecule has 0 heterocycles. The van der Waals surface area contributed by atoms with Crippen molar-refractivity contribution < 1.29 is 19.6 Å². The number of fused-ring (bicyclic) bond motifs is 2. The number of ether oxygens (including phenoxy) is 1. The molecule has 0 radical (unpaired) electrons. The lowest BCUT2D eigenvalue weighted by Crippen LogP contribution is -2.41. The molecule has 1 N–H and O–H groups in total. The van der Waals surface area contributed by atoms with Crippen molar-refractivity contribution in [2.45, 2.75) is 44.6 Å². The number of benzene rings is 1. The number of carboxylic acids is 1. The van der Waals surface area contributed by atoms with Crippen LogP contribution in [-0.4, -0.2) is 21.6 Å². The molecule has 22 heavy (non-hydrogen) atoms. The zero-order valence-electron chi connectivity index (χ0n) is 12.4. The van der Waals surface area contributed by atoms with Crippen molar-refractivity contribution in [3.05, 3.63) is 33.9 Å². The molecule has 0 aromatic heterocycles.